The van der Waals surface area contributed by atoms with Crippen LogP contribution in [0.5, 0.6) is 0 Å². The van der Waals surface area contributed by atoms with Crippen molar-refractivity contribution in [2.24, 2.45) is 0 Å². The molecule has 0 aliphatic carbocycles. The fourth-order valence-corrected chi connectivity index (χ4v) is 1.92. The first kappa shape index (κ1) is 11.3. The van der Waals surface area contributed by atoms with E-state index in [0.29, 0.717) is 5.92 Å². The predicted octanol–water partition coefficient (Wildman–Crippen LogP) is 4.73. The number of furan rings is 1. The van der Waals surface area contributed by atoms with Crippen LogP contribution in [0.3, 0.4) is 0 Å². The molecule has 84 valence electrons. The number of halogens is 1. The Kier molecular flexibility index (Phi) is 3.35. The lowest BCUT2D eigenvalue weighted by Gasteiger charge is -2.09. The third kappa shape index (κ3) is 2.30. The lowest BCUT2D eigenvalue weighted by Crippen LogP contribution is -1.93. The molecule has 0 aliphatic heterocycles. The fourth-order valence-electron chi connectivity index (χ4n) is 1.65. The van der Waals surface area contributed by atoms with Gasteiger partial charge in [0.1, 0.15) is 11.1 Å². The molecule has 2 rings (SSSR count). The Labute approximate surface area is 101 Å². The smallest absolute Gasteiger partial charge is 0.126 e. The highest BCUT2D eigenvalue weighted by atomic mass is 35.5. The van der Waals surface area contributed by atoms with Crippen molar-refractivity contribution >= 4 is 11.6 Å². The molecule has 0 saturated carbocycles. The van der Waals surface area contributed by atoms with Crippen molar-refractivity contribution in [3.63, 3.8) is 0 Å². The molecule has 1 unspecified atom stereocenters. The van der Waals surface area contributed by atoms with Gasteiger partial charge in [0.05, 0.1) is 6.26 Å². The van der Waals surface area contributed by atoms with Crippen molar-refractivity contribution in [1.29, 1.82) is 0 Å². The van der Waals surface area contributed by atoms with Crippen LogP contribution >= 0.6 is 11.6 Å². The second kappa shape index (κ2) is 4.75. The molecule has 1 nitrogen and oxygen atoms in total. The number of hydrogen-bond acceptors (Lipinski definition) is 1. The summed E-state index contributed by atoms with van der Waals surface area (Å²) in [5.41, 5.74) is 2.40. The van der Waals surface area contributed by atoms with Gasteiger partial charge in [-0.25, -0.2) is 0 Å². The maximum Gasteiger partial charge on any atom is 0.126 e. The Hall–Kier alpha value is -1.21. The Balaban J connectivity index is 2.22. The molecule has 2 heteroatoms. The fraction of sp³-hybridized carbons (Fsp3) is 0.286. The van der Waals surface area contributed by atoms with Crippen LogP contribution in [0.4, 0.5) is 0 Å². The van der Waals surface area contributed by atoms with Gasteiger partial charge in [-0.1, -0.05) is 38.1 Å². The molecule has 2 aromatic rings. The first-order valence-corrected chi connectivity index (χ1v) is 5.89. The zero-order valence-corrected chi connectivity index (χ0v) is 10.2. The third-order valence-corrected chi connectivity index (χ3v) is 3.16. The minimum atomic E-state index is -0.198. The minimum Gasteiger partial charge on any atom is -0.467 e. The average molecular weight is 235 g/mol. The van der Waals surface area contributed by atoms with Crippen molar-refractivity contribution in [2.45, 2.75) is 25.1 Å². The summed E-state index contributed by atoms with van der Waals surface area (Å²) < 4.78 is 5.30. The molecule has 1 aromatic carbocycles. The van der Waals surface area contributed by atoms with Crippen molar-refractivity contribution in [3.8, 4) is 0 Å². The van der Waals surface area contributed by atoms with Gasteiger partial charge in [0.25, 0.3) is 0 Å². The molecule has 1 heterocycles. The highest BCUT2D eigenvalue weighted by molar-refractivity contribution is 6.22. The van der Waals surface area contributed by atoms with Gasteiger partial charge in [-0.3, -0.25) is 0 Å². The lowest BCUT2D eigenvalue weighted by atomic mass is 10.0. The Morgan fingerprint density at radius 2 is 1.62 bits per heavy atom. The van der Waals surface area contributed by atoms with Crippen molar-refractivity contribution < 1.29 is 4.42 Å². The van der Waals surface area contributed by atoms with Crippen molar-refractivity contribution in [1.82, 2.24) is 0 Å². The van der Waals surface area contributed by atoms with Crippen LogP contribution < -0.4 is 0 Å². The van der Waals surface area contributed by atoms with Gasteiger partial charge in [0.15, 0.2) is 0 Å². The van der Waals surface area contributed by atoms with Crippen LogP contribution in [0.25, 0.3) is 0 Å². The zero-order valence-electron chi connectivity index (χ0n) is 9.48. The zero-order chi connectivity index (χ0) is 11.5. The Morgan fingerprint density at radius 1 is 1.00 bits per heavy atom. The molecule has 0 radical (unpaired) electrons. The molecule has 0 spiro atoms. The van der Waals surface area contributed by atoms with E-state index in [-0.39, 0.29) is 5.38 Å². The van der Waals surface area contributed by atoms with E-state index in [4.69, 9.17) is 16.0 Å². The second-order valence-corrected chi connectivity index (χ2v) is 4.64. The topological polar surface area (TPSA) is 13.1 Å². The minimum absolute atomic E-state index is 0.198. The highest BCUT2D eigenvalue weighted by Gasteiger charge is 2.13. The molecule has 1 atom stereocenters. The number of rotatable bonds is 3. The van der Waals surface area contributed by atoms with Gasteiger partial charge < -0.3 is 4.42 Å². The summed E-state index contributed by atoms with van der Waals surface area (Å²) in [4.78, 5) is 0. The number of benzene rings is 1. The van der Waals surface area contributed by atoms with Gasteiger partial charge in [-0.05, 0) is 29.2 Å². The predicted molar refractivity (Wildman–Crippen MR) is 66.9 cm³/mol. The summed E-state index contributed by atoms with van der Waals surface area (Å²) in [6, 6.07) is 12.1. The molecule has 0 amide bonds. The molecule has 1 aromatic heterocycles. The second-order valence-electron chi connectivity index (χ2n) is 4.20. The molecule has 0 fully saturated rings. The largest absolute Gasteiger partial charge is 0.467 e. The quantitative estimate of drug-likeness (QED) is 0.700. The molecule has 0 saturated heterocycles. The van der Waals surface area contributed by atoms with E-state index >= 15 is 0 Å². The molecule has 16 heavy (non-hydrogen) atoms. The SMILES string of the molecule is CC(C)c1ccc(C(Cl)c2ccco2)cc1. The normalized spacial score (nSPS) is 13.0. The van der Waals surface area contributed by atoms with Crippen LogP contribution in [0.1, 0.15) is 42.0 Å². The van der Waals surface area contributed by atoms with Gasteiger partial charge in [-0.15, -0.1) is 11.6 Å². The molecule has 0 bridgehead atoms. The summed E-state index contributed by atoms with van der Waals surface area (Å²) in [6.45, 7) is 4.36. The van der Waals surface area contributed by atoms with E-state index in [0.717, 1.165) is 11.3 Å². The standard InChI is InChI=1S/C14H15ClO/c1-10(2)11-5-7-12(8-6-11)14(15)13-4-3-9-16-13/h3-10,14H,1-2H3. The van der Waals surface area contributed by atoms with E-state index < -0.39 is 0 Å². The molecular formula is C14H15ClO. The molecular weight excluding hydrogens is 220 g/mol. The molecule has 0 N–H and O–H groups in total. The van der Waals surface area contributed by atoms with Crippen LogP contribution in [-0.2, 0) is 0 Å². The van der Waals surface area contributed by atoms with Crippen LogP contribution in [-0.4, -0.2) is 0 Å². The summed E-state index contributed by atoms with van der Waals surface area (Å²) in [6.07, 6.45) is 1.65. The average Bonchev–Trinajstić information content (AvgIpc) is 2.81. The van der Waals surface area contributed by atoms with E-state index in [1.54, 1.807) is 6.26 Å². The monoisotopic (exact) mass is 234 g/mol. The van der Waals surface area contributed by atoms with Crippen molar-refractivity contribution in [2.75, 3.05) is 0 Å². The summed E-state index contributed by atoms with van der Waals surface area (Å²) in [5, 5.41) is -0.198. The first-order chi connectivity index (χ1) is 7.68. The number of alkyl halides is 1. The lowest BCUT2D eigenvalue weighted by molar-refractivity contribution is 0.516. The third-order valence-electron chi connectivity index (χ3n) is 2.69. The first-order valence-electron chi connectivity index (χ1n) is 5.46. The summed E-state index contributed by atoms with van der Waals surface area (Å²) in [7, 11) is 0. The van der Waals surface area contributed by atoms with Crippen LogP contribution in [0.2, 0.25) is 0 Å². The van der Waals surface area contributed by atoms with E-state index in [2.05, 4.69) is 38.1 Å². The summed E-state index contributed by atoms with van der Waals surface area (Å²) >= 11 is 6.31. The van der Waals surface area contributed by atoms with Crippen LogP contribution in [0, 0.1) is 0 Å². The van der Waals surface area contributed by atoms with Gasteiger partial charge in [0.2, 0.25) is 0 Å². The Morgan fingerprint density at radius 3 is 2.12 bits per heavy atom. The van der Waals surface area contributed by atoms with E-state index in [9.17, 15) is 0 Å². The van der Waals surface area contributed by atoms with Crippen molar-refractivity contribution in [3.05, 3.63) is 59.5 Å². The maximum atomic E-state index is 6.31. The highest BCUT2D eigenvalue weighted by Crippen LogP contribution is 2.29. The maximum absolute atomic E-state index is 6.31. The Bertz CT molecular complexity index is 428. The van der Waals surface area contributed by atoms with Gasteiger partial charge in [0, 0.05) is 0 Å². The van der Waals surface area contributed by atoms with E-state index in [1.807, 2.05) is 12.1 Å². The number of hydrogen-bond donors (Lipinski definition) is 0. The van der Waals surface area contributed by atoms with Crippen LogP contribution in [0.15, 0.2) is 47.1 Å². The van der Waals surface area contributed by atoms with Gasteiger partial charge in [-0.2, -0.15) is 0 Å². The summed E-state index contributed by atoms with van der Waals surface area (Å²) in [5.74, 6) is 1.34. The molecule has 0 aliphatic rings. The van der Waals surface area contributed by atoms with Gasteiger partial charge >= 0.3 is 0 Å². The van der Waals surface area contributed by atoms with E-state index in [1.165, 1.54) is 5.56 Å².